The molecule has 0 radical (unpaired) electrons. The summed E-state index contributed by atoms with van der Waals surface area (Å²) in [6.07, 6.45) is 8.18. The standard InChI is InChI=1S/C19H26N4O2S/c1-13-16(8-10-25-13)18-20-21-19(22(18)2)26-12-17(24)23-9-7-14-5-3-4-6-15(14)11-23/h8,10,14-15H,3-7,9,11-12H2,1-2H3/t14-,15+/m1/s1. The number of carbonyl (C=O) groups excluding carboxylic acids is 1. The largest absolute Gasteiger partial charge is 0.469 e. The highest BCUT2D eigenvalue weighted by Gasteiger charge is 2.32. The summed E-state index contributed by atoms with van der Waals surface area (Å²) >= 11 is 1.47. The molecular weight excluding hydrogens is 348 g/mol. The SMILES string of the molecule is Cc1occc1-c1nnc(SCC(=O)N2CC[C@H]3CCCC[C@H]3C2)n1C. The van der Waals surface area contributed by atoms with Crippen molar-refractivity contribution in [3.8, 4) is 11.4 Å². The van der Waals surface area contributed by atoms with Gasteiger partial charge in [-0.2, -0.15) is 0 Å². The van der Waals surface area contributed by atoms with E-state index in [2.05, 4.69) is 15.1 Å². The smallest absolute Gasteiger partial charge is 0.233 e. The molecule has 6 nitrogen and oxygen atoms in total. The van der Waals surface area contributed by atoms with Gasteiger partial charge in [-0.3, -0.25) is 4.79 Å². The number of likely N-dealkylation sites (tertiary alicyclic amines) is 1. The van der Waals surface area contributed by atoms with Gasteiger partial charge in [-0.25, -0.2) is 0 Å². The highest BCUT2D eigenvalue weighted by molar-refractivity contribution is 7.99. The molecule has 0 unspecified atom stereocenters. The predicted molar refractivity (Wildman–Crippen MR) is 101 cm³/mol. The highest BCUT2D eigenvalue weighted by atomic mass is 32.2. The number of fused-ring (bicyclic) bond motifs is 1. The molecule has 0 spiro atoms. The molecule has 1 saturated heterocycles. The van der Waals surface area contributed by atoms with E-state index in [1.807, 2.05) is 24.6 Å². The zero-order valence-electron chi connectivity index (χ0n) is 15.5. The van der Waals surface area contributed by atoms with E-state index >= 15 is 0 Å². The lowest BCUT2D eigenvalue weighted by Gasteiger charge is -2.41. The minimum Gasteiger partial charge on any atom is -0.469 e. The maximum Gasteiger partial charge on any atom is 0.233 e. The van der Waals surface area contributed by atoms with Crippen LogP contribution in [-0.4, -0.2) is 44.4 Å². The van der Waals surface area contributed by atoms with Gasteiger partial charge in [0.05, 0.1) is 17.6 Å². The molecule has 1 aliphatic heterocycles. The van der Waals surface area contributed by atoms with Crippen molar-refractivity contribution in [2.24, 2.45) is 18.9 Å². The Morgan fingerprint density at radius 1 is 1.27 bits per heavy atom. The van der Waals surface area contributed by atoms with Crippen molar-refractivity contribution in [1.29, 1.82) is 0 Å². The van der Waals surface area contributed by atoms with Crippen molar-refractivity contribution in [1.82, 2.24) is 19.7 Å². The Bertz CT molecular complexity index is 784. The fourth-order valence-corrected chi connectivity index (χ4v) is 5.15. The molecule has 0 bridgehead atoms. The number of amides is 1. The van der Waals surface area contributed by atoms with E-state index in [1.54, 1.807) is 6.26 Å². The Morgan fingerprint density at radius 3 is 2.85 bits per heavy atom. The van der Waals surface area contributed by atoms with Gasteiger partial charge >= 0.3 is 0 Å². The minimum atomic E-state index is 0.225. The van der Waals surface area contributed by atoms with Crippen molar-refractivity contribution >= 4 is 17.7 Å². The Kier molecular flexibility index (Phi) is 5.07. The summed E-state index contributed by atoms with van der Waals surface area (Å²) < 4.78 is 7.29. The Morgan fingerprint density at radius 2 is 2.08 bits per heavy atom. The van der Waals surface area contributed by atoms with E-state index in [9.17, 15) is 4.79 Å². The molecule has 2 aromatic heterocycles. The normalized spacial score (nSPS) is 23.1. The van der Waals surface area contributed by atoms with Crippen molar-refractivity contribution in [3.63, 3.8) is 0 Å². The first-order valence-corrected chi connectivity index (χ1v) is 10.5. The lowest BCUT2D eigenvalue weighted by molar-refractivity contribution is -0.131. The summed E-state index contributed by atoms with van der Waals surface area (Å²) in [5.74, 6) is 3.81. The second kappa shape index (κ2) is 7.47. The molecule has 4 rings (SSSR count). The van der Waals surface area contributed by atoms with Gasteiger partial charge in [0.15, 0.2) is 11.0 Å². The van der Waals surface area contributed by atoms with Crippen molar-refractivity contribution in [2.45, 2.75) is 44.2 Å². The maximum atomic E-state index is 12.7. The van der Waals surface area contributed by atoms with Crippen molar-refractivity contribution in [2.75, 3.05) is 18.8 Å². The molecule has 2 aromatic rings. The number of piperidine rings is 1. The lowest BCUT2D eigenvalue weighted by Crippen LogP contribution is -2.45. The molecule has 1 amide bonds. The van der Waals surface area contributed by atoms with Gasteiger partial charge in [0.1, 0.15) is 5.76 Å². The van der Waals surface area contributed by atoms with Crippen molar-refractivity contribution in [3.05, 3.63) is 18.1 Å². The summed E-state index contributed by atoms with van der Waals surface area (Å²) in [6.45, 7) is 3.77. The third-order valence-corrected chi connectivity index (χ3v) is 6.91. The maximum absolute atomic E-state index is 12.7. The predicted octanol–water partition coefficient (Wildman–Crippen LogP) is 3.51. The highest BCUT2D eigenvalue weighted by Crippen LogP contribution is 2.36. The van der Waals surface area contributed by atoms with Gasteiger partial charge in [0, 0.05) is 20.1 Å². The summed E-state index contributed by atoms with van der Waals surface area (Å²) in [5, 5.41) is 9.29. The topological polar surface area (TPSA) is 64.2 Å². The van der Waals surface area contributed by atoms with Crippen LogP contribution in [0.3, 0.4) is 0 Å². The third kappa shape index (κ3) is 3.41. The number of hydrogen-bond donors (Lipinski definition) is 0. The minimum absolute atomic E-state index is 0.225. The summed E-state index contributed by atoms with van der Waals surface area (Å²) in [5.41, 5.74) is 0.942. The Balaban J connectivity index is 1.36. The van der Waals surface area contributed by atoms with Gasteiger partial charge in [-0.1, -0.05) is 31.0 Å². The lowest BCUT2D eigenvalue weighted by atomic mass is 9.75. The van der Waals surface area contributed by atoms with E-state index in [-0.39, 0.29) is 5.91 Å². The first-order chi connectivity index (χ1) is 12.6. The molecule has 140 valence electrons. The molecule has 0 aromatic carbocycles. The zero-order valence-corrected chi connectivity index (χ0v) is 16.3. The quantitative estimate of drug-likeness (QED) is 0.766. The van der Waals surface area contributed by atoms with Gasteiger partial charge in [-0.05, 0) is 37.7 Å². The molecule has 3 heterocycles. The first-order valence-electron chi connectivity index (χ1n) is 9.48. The average Bonchev–Trinajstić information content (AvgIpc) is 3.24. The number of hydrogen-bond acceptors (Lipinski definition) is 5. The molecule has 0 N–H and O–H groups in total. The van der Waals surface area contributed by atoms with Gasteiger partial charge < -0.3 is 13.9 Å². The molecule has 1 saturated carbocycles. The third-order valence-electron chi connectivity index (χ3n) is 5.90. The molecule has 2 aliphatic rings. The van der Waals surface area contributed by atoms with Crippen molar-refractivity contribution < 1.29 is 9.21 Å². The number of aryl methyl sites for hydroxylation is 1. The molecule has 7 heteroatoms. The summed E-state index contributed by atoms with van der Waals surface area (Å²) in [6, 6.07) is 1.90. The van der Waals surface area contributed by atoms with E-state index in [4.69, 9.17) is 4.42 Å². The second-order valence-electron chi connectivity index (χ2n) is 7.48. The number of thioether (sulfide) groups is 1. The van der Waals surface area contributed by atoms with E-state index in [0.717, 1.165) is 47.2 Å². The number of carbonyl (C=O) groups is 1. The summed E-state index contributed by atoms with van der Waals surface area (Å²) in [4.78, 5) is 14.7. The second-order valence-corrected chi connectivity index (χ2v) is 8.42. The zero-order chi connectivity index (χ0) is 18.1. The first kappa shape index (κ1) is 17.6. The average molecular weight is 375 g/mol. The number of nitrogens with zero attached hydrogens (tertiary/aromatic N) is 4. The Hall–Kier alpha value is -1.76. The van der Waals surface area contributed by atoms with Crippen LogP contribution in [0.15, 0.2) is 21.9 Å². The van der Waals surface area contributed by atoms with Crippen LogP contribution in [0.1, 0.15) is 37.9 Å². The molecule has 2 fully saturated rings. The van der Waals surface area contributed by atoms with Gasteiger partial charge in [-0.15, -0.1) is 10.2 Å². The van der Waals surface area contributed by atoms with E-state index in [1.165, 1.54) is 43.9 Å². The van der Waals surface area contributed by atoms with Crippen LogP contribution < -0.4 is 0 Å². The van der Waals surface area contributed by atoms with Crippen LogP contribution in [0.4, 0.5) is 0 Å². The fraction of sp³-hybridized carbons (Fsp3) is 0.632. The van der Waals surface area contributed by atoms with Crippen LogP contribution in [0.25, 0.3) is 11.4 Å². The van der Waals surface area contributed by atoms with E-state index < -0.39 is 0 Å². The van der Waals surface area contributed by atoms with Gasteiger partial charge in [0.25, 0.3) is 0 Å². The van der Waals surface area contributed by atoms with Crippen LogP contribution in [0.5, 0.6) is 0 Å². The number of rotatable bonds is 4. The monoisotopic (exact) mass is 374 g/mol. The molecule has 1 aliphatic carbocycles. The van der Waals surface area contributed by atoms with Crippen LogP contribution in [0.2, 0.25) is 0 Å². The van der Waals surface area contributed by atoms with Crippen LogP contribution in [-0.2, 0) is 11.8 Å². The molecule has 26 heavy (non-hydrogen) atoms. The number of aromatic nitrogens is 3. The fourth-order valence-electron chi connectivity index (χ4n) is 4.34. The van der Waals surface area contributed by atoms with Crippen LogP contribution in [0, 0.1) is 18.8 Å². The van der Waals surface area contributed by atoms with E-state index in [0.29, 0.717) is 5.75 Å². The number of furan rings is 1. The molecular formula is C19H26N4O2S. The van der Waals surface area contributed by atoms with Crippen LogP contribution >= 0.6 is 11.8 Å². The summed E-state index contributed by atoms with van der Waals surface area (Å²) in [7, 11) is 1.93. The molecule has 2 atom stereocenters. The Labute approximate surface area is 158 Å². The van der Waals surface area contributed by atoms with Gasteiger partial charge in [0.2, 0.25) is 5.91 Å².